The maximum absolute atomic E-state index is 12.5. The third-order valence-corrected chi connectivity index (χ3v) is 5.53. The normalized spacial score (nSPS) is 18.5. The number of rotatable bonds is 3. The molecule has 100 valence electrons. The van der Waals surface area contributed by atoms with Gasteiger partial charge in [-0.2, -0.15) is 4.31 Å². The fourth-order valence-electron chi connectivity index (χ4n) is 2.00. The van der Waals surface area contributed by atoms with E-state index in [-0.39, 0.29) is 0 Å². The molecule has 0 spiro atoms. The largest absolute Gasteiger partial charge is 0.315 e. The molecule has 1 aliphatic heterocycles. The molecule has 0 atom stereocenters. The van der Waals surface area contributed by atoms with Crippen LogP contribution >= 0.6 is 15.9 Å². The van der Waals surface area contributed by atoms with Gasteiger partial charge in [0.1, 0.15) is 0 Å². The Labute approximate surface area is 117 Å². The van der Waals surface area contributed by atoms with Crippen molar-refractivity contribution in [2.75, 3.05) is 26.2 Å². The summed E-state index contributed by atoms with van der Waals surface area (Å²) in [5, 5.41) is 3.87. The lowest BCUT2D eigenvalue weighted by atomic mass is 10.2. The Balaban J connectivity index is 2.28. The van der Waals surface area contributed by atoms with Crippen molar-refractivity contribution in [2.24, 2.45) is 0 Å². The van der Waals surface area contributed by atoms with Gasteiger partial charge in [0, 0.05) is 25.0 Å². The van der Waals surface area contributed by atoms with Gasteiger partial charge in [0.15, 0.2) is 0 Å². The van der Waals surface area contributed by atoms with Gasteiger partial charge in [-0.3, -0.25) is 0 Å². The molecule has 0 radical (unpaired) electrons. The average Bonchev–Trinajstić information content (AvgIpc) is 2.68. The van der Waals surface area contributed by atoms with Gasteiger partial charge in [-0.15, -0.1) is 0 Å². The zero-order chi connectivity index (χ0) is 13.0. The highest BCUT2D eigenvalue weighted by atomic mass is 79.9. The SMILES string of the molecule is O=S(=O)(c1cccc(CBr)c1)N1CCCNCC1. The zero-order valence-electron chi connectivity index (χ0n) is 10.1. The fraction of sp³-hybridized carbons (Fsp3) is 0.500. The molecule has 0 amide bonds. The Bertz CT molecular complexity index is 497. The maximum Gasteiger partial charge on any atom is 0.243 e. The van der Waals surface area contributed by atoms with Gasteiger partial charge in [-0.05, 0) is 30.7 Å². The minimum Gasteiger partial charge on any atom is -0.315 e. The number of hydrogen-bond acceptors (Lipinski definition) is 3. The van der Waals surface area contributed by atoms with Crippen LogP contribution in [-0.4, -0.2) is 38.9 Å². The minimum absolute atomic E-state index is 0.390. The predicted octanol–water partition coefficient (Wildman–Crippen LogP) is 1.57. The van der Waals surface area contributed by atoms with Crippen LogP contribution in [0, 0.1) is 0 Å². The molecule has 6 heteroatoms. The van der Waals surface area contributed by atoms with Gasteiger partial charge < -0.3 is 5.32 Å². The number of benzene rings is 1. The highest BCUT2D eigenvalue weighted by Gasteiger charge is 2.24. The van der Waals surface area contributed by atoms with Crippen LogP contribution in [0.4, 0.5) is 0 Å². The Morgan fingerprint density at radius 1 is 1.28 bits per heavy atom. The van der Waals surface area contributed by atoms with Gasteiger partial charge >= 0.3 is 0 Å². The van der Waals surface area contributed by atoms with E-state index in [1.54, 1.807) is 22.5 Å². The van der Waals surface area contributed by atoms with E-state index < -0.39 is 10.0 Å². The number of hydrogen-bond donors (Lipinski definition) is 1. The van der Waals surface area contributed by atoms with Crippen LogP contribution in [0.25, 0.3) is 0 Å². The fourth-order valence-corrected chi connectivity index (χ4v) is 3.90. The summed E-state index contributed by atoms with van der Waals surface area (Å²) in [4.78, 5) is 0.390. The molecule has 0 aromatic heterocycles. The Morgan fingerprint density at radius 2 is 2.11 bits per heavy atom. The van der Waals surface area contributed by atoms with Crippen LogP contribution in [0.5, 0.6) is 0 Å². The first-order valence-corrected chi connectivity index (χ1v) is 8.56. The standard InChI is InChI=1S/C12H17BrN2O2S/c13-10-11-3-1-4-12(9-11)18(16,17)15-7-2-5-14-6-8-15/h1,3-4,9,14H,2,5-8,10H2. The highest BCUT2D eigenvalue weighted by molar-refractivity contribution is 9.08. The Morgan fingerprint density at radius 3 is 2.89 bits per heavy atom. The molecule has 1 fully saturated rings. The zero-order valence-corrected chi connectivity index (χ0v) is 12.5. The molecular weight excluding hydrogens is 316 g/mol. The predicted molar refractivity (Wildman–Crippen MR) is 75.3 cm³/mol. The number of nitrogens with one attached hydrogen (secondary N) is 1. The second kappa shape index (κ2) is 6.14. The van der Waals surface area contributed by atoms with Crippen LogP contribution in [0.2, 0.25) is 0 Å². The average molecular weight is 333 g/mol. The van der Waals surface area contributed by atoms with E-state index in [0.29, 0.717) is 23.3 Å². The highest BCUT2D eigenvalue weighted by Crippen LogP contribution is 2.19. The second-order valence-electron chi connectivity index (χ2n) is 4.29. The van der Waals surface area contributed by atoms with Gasteiger partial charge in [0.05, 0.1) is 4.90 Å². The van der Waals surface area contributed by atoms with Crippen molar-refractivity contribution in [2.45, 2.75) is 16.6 Å². The number of alkyl halides is 1. The molecule has 0 unspecified atom stereocenters. The molecule has 0 bridgehead atoms. The molecule has 4 nitrogen and oxygen atoms in total. The number of nitrogens with zero attached hydrogens (tertiary/aromatic N) is 1. The van der Waals surface area contributed by atoms with E-state index >= 15 is 0 Å². The minimum atomic E-state index is -3.35. The lowest BCUT2D eigenvalue weighted by molar-refractivity contribution is 0.432. The van der Waals surface area contributed by atoms with E-state index in [9.17, 15) is 8.42 Å². The third kappa shape index (κ3) is 3.12. The molecule has 1 heterocycles. The number of halogens is 1. The molecule has 0 saturated carbocycles. The van der Waals surface area contributed by atoms with Crippen molar-refractivity contribution in [3.8, 4) is 0 Å². The summed E-state index contributed by atoms with van der Waals surface area (Å²) in [7, 11) is -3.35. The van der Waals surface area contributed by atoms with Crippen LogP contribution in [0.1, 0.15) is 12.0 Å². The van der Waals surface area contributed by atoms with Crippen LogP contribution < -0.4 is 5.32 Å². The van der Waals surface area contributed by atoms with Crippen molar-refractivity contribution >= 4 is 26.0 Å². The Kier molecular flexibility index (Phi) is 4.77. The summed E-state index contributed by atoms with van der Waals surface area (Å²) in [6.45, 7) is 2.74. The van der Waals surface area contributed by atoms with Crippen LogP contribution in [0.3, 0.4) is 0 Å². The van der Waals surface area contributed by atoms with E-state index in [0.717, 1.165) is 25.1 Å². The quantitative estimate of drug-likeness (QED) is 0.854. The Hall–Kier alpha value is -0.430. The summed E-state index contributed by atoms with van der Waals surface area (Å²) >= 11 is 3.35. The van der Waals surface area contributed by atoms with Crippen molar-refractivity contribution in [3.63, 3.8) is 0 Å². The van der Waals surface area contributed by atoms with Crippen LogP contribution in [0.15, 0.2) is 29.2 Å². The molecule has 0 aliphatic carbocycles. The number of sulfonamides is 1. The third-order valence-electron chi connectivity index (χ3n) is 2.99. The second-order valence-corrected chi connectivity index (χ2v) is 6.79. The van der Waals surface area contributed by atoms with E-state index in [2.05, 4.69) is 21.2 Å². The molecule has 1 aromatic carbocycles. The molecule has 1 N–H and O–H groups in total. The van der Waals surface area contributed by atoms with E-state index in [1.165, 1.54) is 0 Å². The van der Waals surface area contributed by atoms with Crippen molar-refractivity contribution in [3.05, 3.63) is 29.8 Å². The lowest BCUT2D eigenvalue weighted by Crippen LogP contribution is -2.34. The molecule has 1 aliphatic rings. The molecule has 1 aromatic rings. The first kappa shape index (κ1) is 14.0. The summed E-state index contributed by atoms with van der Waals surface area (Å²) in [6.07, 6.45) is 0.858. The van der Waals surface area contributed by atoms with Gasteiger partial charge in [-0.25, -0.2) is 8.42 Å². The maximum atomic E-state index is 12.5. The monoisotopic (exact) mass is 332 g/mol. The summed E-state index contributed by atoms with van der Waals surface area (Å²) in [5.41, 5.74) is 0.976. The molecule has 2 rings (SSSR count). The van der Waals surface area contributed by atoms with Gasteiger partial charge in [0.2, 0.25) is 10.0 Å². The topological polar surface area (TPSA) is 49.4 Å². The van der Waals surface area contributed by atoms with Crippen molar-refractivity contribution in [1.82, 2.24) is 9.62 Å². The van der Waals surface area contributed by atoms with Crippen molar-refractivity contribution in [1.29, 1.82) is 0 Å². The molecular formula is C12H17BrN2O2S. The summed E-state index contributed by atoms with van der Waals surface area (Å²) < 4.78 is 26.6. The first-order chi connectivity index (χ1) is 8.64. The summed E-state index contributed by atoms with van der Waals surface area (Å²) in [5.74, 6) is 0. The van der Waals surface area contributed by atoms with Gasteiger partial charge in [0.25, 0.3) is 0 Å². The summed E-state index contributed by atoms with van der Waals surface area (Å²) in [6, 6.07) is 7.11. The van der Waals surface area contributed by atoms with Crippen LogP contribution in [-0.2, 0) is 15.4 Å². The molecule has 18 heavy (non-hydrogen) atoms. The van der Waals surface area contributed by atoms with Crippen molar-refractivity contribution < 1.29 is 8.42 Å². The molecule has 1 saturated heterocycles. The first-order valence-electron chi connectivity index (χ1n) is 6.00. The van der Waals surface area contributed by atoms with Gasteiger partial charge in [-0.1, -0.05) is 28.1 Å². The smallest absolute Gasteiger partial charge is 0.243 e. The lowest BCUT2D eigenvalue weighted by Gasteiger charge is -2.19. The van der Waals surface area contributed by atoms with E-state index in [1.807, 2.05) is 6.07 Å². The van der Waals surface area contributed by atoms with E-state index in [4.69, 9.17) is 0 Å².